The Kier molecular flexibility index (Phi) is 5.30. The number of rotatable bonds is 5. The molecule has 1 atom stereocenters. The summed E-state index contributed by atoms with van der Waals surface area (Å²) in [7, 11) is 2.13. The van der Waals surface area contributed by atoms with Crippen molar-refractivity contribution in [2.75, 3.05) is 39.8 Å². The van der Waals surface area contributed by atoms with Crippen molar-refractivity contribution in [1.82, 2.24) is 14.8 Å². The Balaban J connectivity index is 2.04. The topological polar surface area (TPSA) is 45.7 Å². The van der Waals surface area contributed by atoms with Gasteiger partial charge < -0.3 is 9.64 Å². The summed E-state index contributed by atoms with van der Waals surface area (Å²) in [5.74, 6) is -0.125. The Bertz CT molecular complexity index is 389. The van der Waals surface area contributed by atoms with Crippen molar-refractivity contribution in [3.8, 4) is 0 Å². The maximum absolute atomic E-state index is 11.8. The zero-order valence-electron chi connectivity index (χ0n) is 11.5. The number of hydrogen-bond acceptors (Lipinski definition) is 6. The first-order chi connectivity index (χ1) is 9.20. The van der Waals surface area contributed by atoms with Crippen LogP contribution in [0.15, 0.2) is 11.7 Å². The van der Waals surface area contributed by atoms with Crippen LogP contribution in [0.4, 0.5) is 0 Å². The molecular weight excluding hydrogens is 262 g/mol. The minimum atomic E-state index is -0.125. The highest BCUT2D eigenvalue weighted by atomic mass is 32.1. The van der Waals surface area contributed by atoms with Gasteiger partial charge in [-0.3, -0.25) is 14.7 Å². The second-order valence-corrected chi connectivity index (χ2v) is 5.69. The first-order valence-corrected chi connectivity index (χ1v) is 7.55. The number of thiazole rings is 1. The number of likely N-dealkylation sites (N-methyl/N-ethyl adjacent to an activating group) is 1. The van der Waals surface area contributed by atoms with E-state index in [-0.39, 0.29) is 12.0 Å². The molecule has 1 aliphatic rings. The van der Waals surface area contributed by atoms with Crippen molar-refractivity contribution >= 4 is 17.3 Å². The molecule has 5 nitrogen and oxygen atoms in total. The van der Waals surface area contributed by atoms with Crippen molar-refractivity contribution in [3.05, 3.63) is 16.6 Å². The average Bonchev–Trinajstić information content (AvgIpc) is 2.91. The lowest BCUT2D eigenvalue weighted by Gasteiger charge is -2.37. The fourth-order valence-corrected chi connectivity index (χ4v) is 3.07. The van der Waals surface area contributed by atoms with Crippen LogP contribution in [0, 0.1) is 0 Å². The Morgan fingerprint density at radius 3 is 2.79 bits per heavy atom. The molecule has 0 aromatic carbocycles. The average molecular weight is 283 g/mol. The molecular formula is C13H21N3O2S. The standard InChI is InChI=1S/C13H21N3O2S/c1-3-18-13(17)8-11(12-9-14-10-19-12)16-6-4-15(2)5-7-16/h9-11H,3-8H2,1-2H3. The number of carbonyl (C=O) groups is 1. The first-order valence-electron chi connectivity index (χ1n) is 6.67. The van der Waals surface area contributed by atoms with Crippen molar-refractivity contribution < 1.29 is 9.53 Å². The molecule has 1 aromatic rings. The van der Waals surface area contributed by atoms with Gasteiger partial charge in [-0.1, -0.05) is 0 Å². The molecule has 0 radical (unpaired) electrons. The quantitative estimate of drug-likeness (QED) is 0.764. The van der Waals surface area contributed by atoms with Gasteiger partial charge in [-0.25, -0.2) is 0 Å². The van der Waals surface area contributed by atoms with Crippen LogP contribution in [0.5, 0.6) is 0 Å². The molecule has 0 amide bonds. The van der Waals surface area contributed by atoms with Gasteiger partial charge in [0.1, 0.15) is 0 Å². The largest absolute Gasteiger partial charge is 0.466 e. The third-order valence-corrected chi connectivity index (χ3v) is 4.30. The van der Waals surface area contributed by atoms with Crippen LogP contribution < -0.4 is 0 Å². The number of piperazine rings is 1. The molecule has 0 spiro atoms. The second kappa shape index (κ2) is 6.98. The van der Waals surface area contributed by atoms with Crippen molar-refractivity contribution in [3.63, 3.8) is 0 Å². The van der Waals surface area contributed by atoms with E-state index in [0.29, 0.717) is 13.0 Å². The molecule has 0 aliphatic carbocycles. The lowest BCUT2D eigenvalue weighted by atomic mass is 10.1. The van der Waals surface area contributed by atoms with E-state index < -0.39 is 0 Å². The summed E-state index contributed by atoms with van der Waals surface area (Å²) in [6.07, 6.45) is 2.28. The predicted octanol–water partition coefficient (Wildman–Crippen LogP) is 1.38. The number of carbonyl (C=O) groups excluding carboxylic acids is 1. The summed E-state index contributed by atoms with van der Waals surface area (Å²) in [6.45, 7) is 6.33. The normalized spacial score (nSPS) is 19.3. The number of esters is 1. The smallest absolute Gasteiger partial charge is 0.307 e. The van der Waals surface area contributed by atoms with E-state index in [1.807, 2.05) is 18.6 Å². The van der Waals surface area contributed by atoms with Gasteiger partial charge in [-0.15, -0.1) is 11.3 Å². The van der Waals surface area contributed by atoms with E-state index in [9.17, 15) is 4.79 Å². The molecule has 6 heteroatoms. The Labute approximate surface area is 118 Å². The Morgan fingerprint density at radius 2 is 2.21 bits per heavy atom. The SMILES string of the molecule is CCOC(=O)CC(c1cncs1)N1CCN(C)CC1. The monoisotopic (exact) mass is 283 g/mol. The highest BCUT2D eigenvalue weighted by Gasteiger charge is 2.27. The molecule has 0 saturated carbocycles. The lowest BCUT2D eigenvalue weighted by molar-refractivity contribution is -0.144. The zero-order chi connectivity index (χ0) is 13.7. The minimum Gasteiger partial charge on any atom is -0.466 e. The molecule has 2 heterocycles. The van der Waals surface area contributed by atoms with Gasteiger partial charge in [0.15, 0.2) is 0 Å². The minimum absolute atomic E-state index is 0.111. The third-order valence-electron chi connectivity index (χ3n) is 3.42. The second-order valence-electron chi connectivity index (χ2n) is 4.77. The summed E-state index contributed by atoms with van der Waals surface area (Å²) in [5, 5.41) is 0. The Hall–Kier alpha value is -0.980. The van der Waals surface area contributed by atoms with Crippen LogP contribution in [-0.4, -0.2) is 60.6 Å². The molecule has 1 aromatic heterocycles. The molecule has 0 N–H and O–H groups in total. The predicted molar refractivity (Wildman–Crippen MR) is 75.2 cm³/mol. The van der Waals surface area contributed by atoms with E-state index in [0.717, 1.165) is 31.1 Å². The maximum Gasteiger partial charge on any atom is 0.307 e. The summed E-state index contributed by atoms with van der Waals surface area (Å²) in [4.78, 5) is 21.7. The van der Waals surface area contributed by atoms with Gasteiger partial charge in [0.05, 0.1) is 24.6 Å². The molecule has 1 unspecified atom stereocenters. The lowest BCUT2D eigenvalue weighted by Crippen LogP contribution is -2.46. The summed E-state index contributed by atoms with van der Waals surface area (Å²) < 4.78 is 5.09. The van der Waals surface area contributed by atoms with Gasteiger partial charge in [0, 0.05) is 37.3 Å². The van der Waals surface area contributed by atoms with Crippen molar-refractivity contribution in [1.29, 1.82) is 0 Å². The van der Waals surface area contributed by atoms with E-state index in [1.54, 1.807) is 11.3 Å². The van der Waals surface area contributed by atoms with Crippen LogP contribution in [0.25, 0.3) is 0 Å². The van der Waals surface area contributed by atoms with Gasteiger partial charge in [-0.05, 0) is 14.0 Å². The number of aromatic nitrogens is 1. The number of nitrogens with zero attached hydrogens (tertiary/aromatic N) is 3. The number of hydrogen-bond donors (Lipinski definition) is 0. The molecule has 1 saturated heterocycles. The van der Waals surface area contributed by atoms with Crippen molar-refractivity contribution in [2.45, 2.75) is 19.4 Å². The molecule has 2 rings (SSSR count). The van der Waals surface area contributed by atoms with Crippen LogP contribution >= 0.6 is 11.3 Å². The maximum atomic E-state index is 11.8. The first kappa shape index (κ1) is 14.4. The summed E-state index contributed by atoms with van der Waals surface area (Å²) in [5.41, 5.74) is 1.82. The van der Waals surface area contributed by atoms with E-state index in [2.05, 4.69) is 21.8 Å². The fourth-order valence-electron chi connectivity index (χ4n) is 2.31. The van der Waals surface area contributed by atoms with Crippen molar-refractivity contribution in [2.24, 2.45) is 0 Å². The fraction of sp³-hybridized carbons (Fsp3) is 0.692. The van der Waals surface area contributed by atoms with Crippen LogP contribution in [0.2, 0.25) is 0 Å². The molecule has 1 aliphatic heterocycles. The highest BCUT2D eigenvalue weighted by molar-refractivity contribution is 7.09. The zero-order valence-corrected chi connectivity index (χ0v) is 12.4. The van der Waals surface area contributed by atoms with Gasteiger partial charge in [0.2, 0.25) is 0 Å². The van der Waals surface area contributed by atoms with Gasteiger partial charge in [-0.2, -0.15) is 0 Å². The molecule has 19 heavy (non-hydrogen) atoms. The van der Waals surface area contributed by atoms with E-state index >= 15 is 0 Å². The van der Waals surface area contributed by atoms with Crippen LogP contribution in [0.3, 0.4) is 0 Å². The highest BCUT2D eigenvalue weighted by Crippen LogP contribution is 2.28. The van der Waals surface area contributed by atoms with Crippen LogP contribution in [-0.2, 0) is 9.53 Å². The molecule has 0 bridgehead atoms. The van der Waals surface area contributed by atoms with Gasteiger partial charge in [0.25, 0.3) is 0 Å². The molecule has 1 fully saturated rings. The number of ether oxygens (including phenoxy) is 1. The Morgan fingerprint density at radius 1 is 1.47 bits per heavy atom. The van der Waals surface area contributed by atoms with Gasteiger partial charge >= 0.3 is 5.97 Å². The third kappa shape index (κ3) is 3.99. The summed E-state index contributed by atoms with van der Waals surface area (Å²) in [6, 6.07) is 0.111. The summed E-state index contributed by atoms with van der Waals surface area (Å²) >= 11 is 1.61. The molecule has 106 valence electrons. The van der Waals surface area contributed by atoms with E-state index in [1.165, 1.54) is 0 Å². The van der Waals surface area contributed by atoms with Crippen LogP contribution in [0.1, 0.15) is 24.3 Å². The van der Waals surface area contributed by atoms with E-state index in [4.69, 9.17) is 4.74 Å².